The van der Waals surface area contributed by atoms with Crippen molar-refractivity contribution in [2.75, 3.05) is 24.7 Å². The molecule has 5 rings (SSSR count). The number of hydrogen-bond acceptors (Lipinski definition) is 4. The highest BCUT2D eigenvalue weighted by atomic mass is 16.7. The Bertz CT molecular complexity index is 667. The van der Waals surface area contributed by atoms with E-state index >= 15 is 0 Å². The predicted octanol–water partition coefficient (Wildman–Crippen LogP) is 2.98. The minimum atomic E-state index is -0.225. The highest BCUT2D eigenvalue weighted by Crippen LogP contribution is 2.53. The van der Waals surface area contributed by atoms with Gasteiger partial charge in [0.05, 0.1) is 12.2 Å². The maximum atomic E-state index is 6.11. The smallest absolute Gasteiger partial charge is 0.404 e. The normalized spacial score (nSPS) is 29.8. The number of nitrogens with zero attached hydrogens (tertiary/aromatic N) is 1. The standard InChI is InChI=1S/C20H28BNO3/c1-19(2)14-24-21(25-19)15-7-8-17-16(12-15)20(9-5-10-20)13-22(17)18-6-3-4-11-23-18/h7-8,12,18H,3-6,9-11,13-14H2,1-2H3. The molecule has 1 spiro atoms. The summed E-state index contributed by atoms with van der Waals surface area (Å²) in [6, 6.07) is 6.84. The first-order chi connectivity index (χ1) is 12.1. The van der Waals surface area contributed by atoms with Gasteiger partial charge in [0.2, 0.25) is 0 Å². The molecule has 0 N–H and O–H groups in total. The zero-order valence-electron chi connectivity index (χ0n) is 15.4. The van der Waals surface area contributed by atoms with Gasteiger partial charge in [0.15, 0.2) is 0 Å². The molecule has 1 unspecified atom stereocenters. The van der Waals surface area contributed by atoms with Crippen molar-refractivity contribution in [2.24, 2.45) is 0 Å². The summed E-state index contributed by atoms with van der Waals surface area (Å²) in [7, 11) is -0.225. The molecular weight excluding hydrogens is 313 g/mol. The first-order valence-electron chi connectivity index (χ1n) is 9.89. The van der Waals surface area contributed by atoms with E-state index in [1.165, 1.54) is 48.8 Å². The van der Waals surface area contributed by atoms with E-state index in [-0.39, 0.29) is 18.9 Å². The zero-order valence-corrected chi connectivity index (χ0v) is 15.4. The Kier molecular flexibility index (Phi) is 3.71. The van der Waals surface area contributed by atoms with Crippen molar-refractivity contribution in [3.63, 3.8) is 0 Å². The molecule has 2 saturated heterocycles. The molecule has 0 bridgehead atoms. The minimum Gasteiger partial charge on any atom is -0.404 e. The van der Waals surface area contributed by atoms with E-state index in [1.807, 2.05) is 0 Å². The van der Waals surface area contributed by atoms with Crippen LogP contribution in [0.5, 0.6) is 0 Å². The summed E-state index contributed by atoms with van der Waals surface area (Å²) in [6.07, 6.45) is 7.83. The van der Waals surface area contributed by atoms with Crippen LogP contribution in [0.1, 0.15) is 57.9 Å². The van der Waals surface area contributed by atoms with Crippen LogP contribution in [0.4, 0.5) is 5.69 Å². The Hall–Kier alpha value is -1.04. The van der Waals surface area contributed by atoms with Crippen LogP contribution in [-0.2, 0) is 19.5 Å². The second-order valence-corrected chi connectivity index (χ2v) is 8.88. The van der Waals surface area contributed by atoms with E-state index in [4.69, 9.17) is 14.0 Å². The molecule has 134 valence electrons. The molecule has 3 heterocycles. The molecule has 5 heteroatoms. The summed E-state index contributed by atoms with van der Waals surface area (Å²) in [5, 5.41) is 0. The highest BCUT2D eigenvalue weighted by molar-refractivity contribution is 6.62. The molecule has 25 heavy (non-hydrogen) atoms. The first kappa shape index (κ1) is 16.2. The summed E-state index contributed by atoms with van der Waals surface area (Å²) >= 11 is 0. The Morgan fingerprint density at radius 3 is 2.68 bits per heavy atom. The van der Waals surface area contributed by atoms with Crippen molar-refractivity contribution in [1.29, 1.82) is 0 Å². The van der Waals surface area contributed by atoms with Gasteiger partial charge in [-0.15, -0.1) is 0 Å². The Morgan fingerprint density at radius 2 is 2.04 bits per heavy atom. The number of ether oxygens (including phenoxy) is 1. The van der Waals surface area contributed by atoms with Gasteiger partial charge in [-0.25, -0.2) is 0 Å². The lowest BCUT2D eigenvalue weighted by atomic mass is 9.64. The largest absolute Gasteiger partial charge is 0.494 e. The van der Waals surface area contributed by atoms with Crippen LogP contribution in [0, 0.1) is 0 Å². The van der Waals surface area contributed by atoms with Crippen LogP contribution >= 0.6 is 0 Å². The molecule has 1 aliphatic carbocycles. The van der Waals surface area contributed by atoms with Crippen molar-refractivity contribution >= 4 is 18.3 Å². The lowest BCUT2D eigenvalue weighted by molar-refractivity contribution is 0.0122. The third kappa shape index (κ3) is 2.63. The number of anilines is 1. The lowest BCUT2D eigenvalue weighted by Crippen LogP contribution is -2.45. The number of hydrogen-bond donors (Lipinski definition) is 0. The third-order valence-electron chi connectivity index (χ3n) is 6.47. The fourth-order valence-corrected chi connectivity index (χ4v) is 4.93. The van der Waals surface area contributed by atoms with Crippen molar-refractivity contribution in [1.82, 2.24) is 0 Å². The highest BCUT2D eigenvalue weighted by Gasteiger charge is 2.49. The third-order valence-corrected chi connectivity index (χ3v) is 6.47. The van der Waals surface area contributed by atoms with Gasteiger partial charge in [-0.2, -0.15) is 0 Å². The van der Waals surface area contributed by atoms with Crippen molar-refractivity contribution < 1.29 is 14.0 Å². The van der Waals surface area contributed by atoms with Crippen molar-refractivity contribution in [3.05, 3.63) is 23.8 Å². The Balaban J connectivity index is 1.47. The van der Waals surface area contributed by atoms with Gasteiger partial charge < -0.3 is 18.9 Å². The molecule has 1 aromatic carbocycles. The molecule has 0 aromatic heterocycles. The first-order valence-corrected chi connectivity index (χ1v) is 9.89. The van der Waals surface area contributed by atoms with Crippen molar-refractivity contribution in [3.8, 4) is 0 Å². The minimum absolute atomic E-state index is 0.195. The average molecular weight is 341 g/mol. The molecule has 0 radical (unpaired) electrons. The van der Waals surface area contributed by atoms with Gasteiger partial charge >= 0.3 is 7.12 Å². The van der Waals surface area contributed by atoms with E-state index < -0.39 is 0 Å². The van der Waals surface area contributed by atoms with Crippen LogP contribution in [0.2, 0.25) is 0 Å². The fourth-order valence-electron chi connectivity index (χ4n) is 4.93. The van der Waals surface area contributed by atoms with Crippen LogP contribution < -0.4 is 10.4 Å². The van der Waals surface area contributed by atoms with Gasteiger partial charge in [-0.3, -0.25) is 0 Å². The van der Waals surface area contributed by atoms with Crippen LogP contribution in [-0.4, -0.2) is 38.7 Å². The second kappa shape index (κ2) is 5.73. The molecule has 0 amide bonds. The van der Waals surface area contributed by atoms with E-state index in [1.54, 1.807) is 0 Å². The maximum Gasteiger partial charge on any atom is 0.494 e. The summed E-state index contributed by atoms with van der Waals surface area (Å²) in [5.41, 5.74) is 4.19. The SMILES string of the molecule is CC1(C)COB(c2ccc3c(c2)C2(CCC2)CN3C2CCCCO2)O1. The van der Waals surface area contributed by atoms with Crippen LogP contribution in [0.15, 0.2) is 18.2 Å². The fraction of sp³-hybridized carbons (Fsp3) is 0.700. The van der Waals surface area contributed by atoms with Crippen molar-refractivity contribution in [2.45, 2.75) is 69.6 Å². The molecular formula is C20H28BNO3. The predicted molar refractivity (Wildman–Crippen MR) is 99.4 cm³/mol. The Morgan fingerprint density at radius 1 is 1.16 bits per heavy atom. The summed E-state index contributed by atoms with van der Waals surface area (Å²) in [6.45, 7) is 6.86. The number of benzene rings is 1. The molecule has 3 fully saturated rings. The molecule has 1 saturated carbocycles. The number of fused-ring (bicyclic) bond motifs is 2. The van der Waals surface area contributed by atoms with Gasteiger partial charge in [0.1, 0.15) is 6.23 Å². The molecule has 3 aliphatic heterocycles. The summed E-state index contributed by atoms with van der Waals surface area (Å²) in [4.78, 5) is 2.54. The lowest BCUT2D eigenvalue weighted by Gasteiger charge is -2.41. The topological polar surface area (TPSA) is 30.9 Å². The van der Waals surface area contributed by atoms with Gasteiger partial charge in [0.25, 0.3) is 0 Å². The van der Waals surface area contributed by atoms with E-state index in [2.05, 4.69) is 36.9 Å². The summed E-state index contributed by atoms with van der Waals surface area (Å²) in [5.74, 6) is 0. The molecule has 4 nitrogen and oxygen atoms in total. The van der Waals surface area contributed by atoms with Gasteiger partial charge in [-0.1, -0.05) is 18.6 Å². The second-order valence-electron chi connectivity index (χ2n) is 8.88. The summed E-state index contributed by atoms with van der Waals surface area (Å²) < 4.78 is 18.1. The quantitative estimate of drug-likeness (QED) is 0.774. The van der Waals surface area contributed by atoms with Gasteiger partial charge in [0, 0.05) is 24.3 Å². The van der Waals surface area contributed by atoms with E-state index in [9.17, 15) is 0 Å². The maximum absolute atomic E-state index is 6.11. The molecule has 4 aliphatic rings. The van der Waals surface area contributed by atoms with E-state index in [0.717, 1.165) is 19.6 Å². The van der Waals surface area contributed by atoms with E-state index in [0.29, 0.717) is 12.0 Å². The van der Waals surface area contributed by atoms with Gasteiger partial charge in [-0.05, 0) is 63.0 Å². The molecule has 1 atom stereocenters. The van der Waals surface area contributed by atoms with Crippen LogP contribution in [0.3, 0.4) is 0 Å². The number of rotatable bonds is 2. The zero-order chi connectivity index (χ0) is 17.1. The molecule has 1 aromatic rings. The Labute approximate surface area is 151 Å². The van der Waals surface area contributed by atoms with Crippen LogP contribution in [0.25, 0.3) is 0 Å². The monoisotopic (exact) mass is 341 g/mol. The average Bonchev–Trinajstić information content (AvgIpc) is 3.12.